The van der Waals surface area contributed by atoms with E-state index in [4.69, 9.17) is 8.83 Å². The molecule has 14 aromatic rings. The summed E-state index contributed by atoms with van der Waals surface area (Å²) in [6.45, 7) is 0. The monoisotopic (exact) mass is 776 g/mol. The third-order valence-electron chi connectivity index (χ3n) is 12.2. The zero-order chi connectivity index (χ0) is 37.6. The predicted octanol–water partition coefficient (Wildman–Crippen LogP) is 15.8. The summed E-state index contributed by atoms with van der Waals surface area (Å²) in [6, 6.07) is 61.4. The molecule has 0 spiro atoms. The number of hydrogen-bond donors (Lipinski definition) is 0. The molecule has 6 heterocycles. The average Bonchev–Trinajstić information content (AvgIpc) is 4.11. The van der Waals surface area contributed by atoms with E-state index in [2.05, 4.69) is 179 Å². The molecule has 6 aromatic heterocycles. The minimum atomic E-state index is 0.868. The van der Waals surface area contributed by atoms with Crippen LogP contribution < -0.4 is 0 Å². The Hall–Kier alpha value is -7.12. The van der Waals surface area contributed by atoms with Gasteiger partial charge in [0.1, 0.15) is 11.2 Å². The fourth-order valence-corrected chi connectivity index (χ4v) is 12.0. The van der Waals surface area contributed by atoms with Crippen LogP contribution in [0.3, 0.4) is 0 Å². The molecule has 4 nitrogen and oxygen atoms in total. The predicted molar refractivity (Wildman–Crippen MR) is 246 cm³/mol. The summed E-state index contributed by atoms with van der Waals surface area (Å²) in [6.07, 6.45) is 0. The molecule has 270 valence electrons. The average molecular weight is 777 g/mol. The van der Waals surface area contributed by atoms with Crippen LogP contribution in [-0.2, 0) is 0 Å². The smallest absolute Gasteiger partial charge is 0.213 e. The fraction of sp³-hybridized carbons (Fsp3) is 0. The minimum absolute atomic E-state index is 0.868. The second-order valence-corrected chi connectivity index (χ2v) is 17.3. The quantitative estimate of drug-likeness (QED) is 0.179. The molecule has 14 rings (SSSR count). The van der Waals surface area contributed by atoms with Crippen molar-refractivity contribution in [3.8, 4) is 22.5 Å². The molecule has 0 saturated heterocycles. The van der Waals surface area contributed by atoms with Gasteiger partial charge in [-0.05, 0) is 71.8 Å². The van der Waals surface area contributed by atoms with Crippen LogP contribution in [0, 0.1) is 0 Å². The van der Waals surface area contributed by atoms with Crippen molar-refractivity contribution in [2.24, 2.45) is 0 Å². The highest BCUT2D eigenvalue weighted by Crippen LogP contribution is 2.47. The lowest BCUT2D eigenvalue weighted by Crippen LogP contribution is -1.94. The van der Waals surface area contributed by atoms with Crippen LogP contribution in [0.25, 0.3) is 129 Å². The number of fused-ring (bicyclic) bond motifs is 16. The van der Waals surface area contributed by atoms with E-state index in [9.17, 15) is 0 Å². The van der Waals surface area contributed by atoms with Crippen molar-refractivity contribution < 1.29 is 8.83 Å². The van der Waals surface area contributed by atoms with Gasteiger partial charge in [0.2, 0.25) is 11.4 Å². The standard InChI is InChI=1S/C52H28N2O2S2/c1-5-19-43-35(13-1)47-37-27-29(23-25-39(37)53(51(47)55-43)41-17-9-15-33-31-11-3-7-21-45(31)57-49(33)41)30-24-26-40-38(28-30)48-36-14-2-6-20-44(36)56-52(48)54(40)42-18-10-16-34-32-12-4-8-22-46(32)58-50(34)42/h1-28H. The molecule has 0 unspecified atom stereocenters. The lowest BCUT2D eigenvalue weighted by Gasteiger charge is -2.10. The maximum atomic E-state index is 6.78. The highest BCUT2D eigenvalue weighted by atomic mass is 32.1. The van der Waals surface area contributed by atoms with Crippen molar-refractivity contribution >= 4 is 129 Å². The van der Waals surface area contributed by atoms with Crippen LogP contribution in [0.15, 0.2) is 179 Å². The Labute approximate surface area is 337 Å². The number of rotatable bonds is 3. The van der Waals surface area contributed by atoms with Gasteiger partial charge in [-0.15, -0.1) is 22.7 Å². The van der Waals surface area contributed by atoms with Gasteiger partial charge < -0.3 is 8.83 Å². The molecule has 0 radical (unpaired) electrons. The van der Waals surface area contributed by atoms with E-state index in [1.807, 2.05) is 22.7 Å². The van der Waals surface area contributed by atoms with Crippen LogP contribution in [0.1, 0.15) is 0 Å². The number of thiophene rings is 2. The van der Waals surface area contributed by atoms with E-state index in [1.165, 1.54) is 51.1 Å². The number of nitrogens with zero attached hydrogens (tertiary/aromatic N) is 2. The molecular weight excluding hydrogens is 749 g/mol. The van der Waals surface area contributed by atoms with Crippen molar-refractivity contribution in [2.75, 3.05) is 0 Å². The van der Waals surface area contributed by atoms with Crippen LogP contribution >= 0.6 is 22.7 Å². The van der Waals surface area contributed by atoms with Crippen molar-refractivity contribution in [1.29, 1.82) is 0 Å². The maximum Gasteiger partial charge on any atom is 0.213 e. The first-order valence-corrected chi connectivity index (χ1v) is 21.1. The molecule has 0 fully saturated rings. The van der Waals surface area contributed by atoms with Gasteiger partial charge in [-0.3, -0.25) is 9.13 Å². The third kappa shape index (κ3) is 4.02. The lowest BCUT2D eigenvalue weighted by molar-refractivity contribution is 0.645. The summed E-state index contributed by atoms with van der Waals surface area (Å²) in [5.41, 5.74) is 10.3. The first kappa shape index (κ1) is 31.0. The Balaban J connectivity index is 1.03. The number of benzene rings is 8. The van der Waals surface area contributed by atoms with Crippen molar-refractivity contribution in [1.82, 2.24) is 9.13 Å². The van der Waals surface area contributed by atoms with Gasteiger partial charge >= 0.3 is 0 Å². The Morgan fingerprint density at radius 3 is 1.24 bits per heavy atom. The van der Waals surface area contributed by atoms with Gasteiger partial charge in [0.15, 0.2) is 0 Å². The Kier molecular flexibility index (Phi) is 6.02. The fourth-order valence-electron chi connectivity index (χ4n) is 9.64. The van der Waals surface area contributed by atoms with E-state index in [0.717, 1.165) is 77.7 Å². The Morgan fingerprint density at radius 2 is 0.759 bits per heavy atom. The van der Waals surface area contributed by atoms with Crippen LogP contribution in [-0.4, -0.2) is 9.13 Å². The molecule has 0 aliphatic carbocycles. The van der Waals surface area contributed by atoms with Gasteiger partial charge in [0, 0.05) is 52.5 Å². The normalized spacial score (nSPS) is 12.5. The summed E-state index contributed by atoms with van der Waals surface area (Å²) < 4.78 is 23.3. The first-order valence-electron chi connectivity index (χ1n) is 19.5. The second-order valence-electron chi connectivity index (χ2n) is 15.2. The highest BCUT2D eigenvalue weighted by molar-refractivity contribution is 7.26. The molecule has 0 bridgehead atoms. The second kappa shape index (κ2) is 11.3. The molecule has 0 saturated carbocycles. The van der Waals surface area contributed by atoms with Crippen molar-refractivity contribution in [3.05, 3.63) is 170 Å². The van der Waals surface area contributed by atoms with E-state index in [0.29, 0.717) is 0 Å². The topological polar surface area (TPSA) is 36.1 Å². The van der Waals surface area contributed by atoms with Crippen LogP contribution in [0.5, 0.6) is 0 Å². The summed E-state index contributed by atoms with van der Waals surface area (Å²) in [4.78, 5) is 0. The summed E-state index contributed by atoms with van der Waals surface area (Å²) in [5, 5.41) is 12.0. The molecule has 0 aliphatic heterocycles. The largest absolute Gasteiger partial charge is 0.439 e. The van der Waals surface area contributed by atoms with Gasteiger partial charge in [-0.25, -0.2) is 0 Å². The maximum absolute atomic E-state index is 6.78. The number of hydrogen-bond acceptors (Lipinski definition) is 4. The van der Waals surface area contributed by atoms with E-state index in [-0.39, 0.29) is 0 Å². The summed E-state index contributed by atoms with van der Waals surface area (Å²) >= 11 is 3.69. The molecule has 8 aromatic carbocycles. The molecule has 0 atom stereocenters. The van der Waals surface area contributed by atoms with E-state index < -0.39 is 0 Å². The zero-order valence-electron chi connectivity index (χ0n) is 30.7. The number of para-hydroxylation sites is 2. The highest BCUT2D eigenvalue weighted by Gasteiger charge is 2.24. The van der Waals surface area contributed by atoms with E-state index in [1.54, 1.807) is 0 Å². The Morgan fingerprint density at radius 1 is 0.345 bits per heavy atom. The van der Waals surface area contributed by atoms with E-state index >= 15 is 0 Å². The molecule has 0 amide bonds. The zero-order valence-corrected chi connectivity index (χ0v) is 32.3. The van der Waals surface area contributed by atoms with Gasteiger partial charge in [0.05, 0.1) is 42.6 Å². The SMILES string of the molecule is c1ccc2c(c1)oc1c2c2cc(-c3ccc4c(c3)c3c5ccccc5oc3n4-c3cccc4c3sc3ccccc34)ccc2n1-c1cccc2c1sc1ccccc12. The molecular formula is C52H28N2O2S2. The van der Waals surface area contributed by atoms with Gasteiger partial charge in [-0.2, -0.15) is 0 Å². The minimum Gasteiger partial charge on any atom is -0.439 e. The molecule has 58 heavy (non-hydrogen) atoms. The summed E-state index contributed by atoms with van der Waals surface area (Å²) in [7, 11) is 0. The van der Waals surface area contributed by atoms with Crippen LogP contribution in [0.2, 0.25) is 0 Å². The van der Waals surface area contributed by atoms with Gasteiger partial charge in [0.25, 0.3) is 0 Å². The Bertz CT molecular complexity index is 3790. The number of aromatic nitrogens is 2. The van der Waals surface area contributed by atoms with Crippen molar-refractivity contribution in [3.63, 3.8) is 0 Å². The first-order chi connectivity index (χ1) is 28.8. The van der Waals surface area contributed by atoms with Crippen molar-refractivity contribution in [2.45, 2.75) is 0 Å². The van der Waals surface area contributed by atoms with Crippen LogP contribution in [0.4, 0.5) is 0 Å². The molecule has 6 heteroatoms. The molecule has 0 aliphatic rings. The lowest BCUT2D eigenvalue weighted by atomic mass is 10.00. The number of furan rings is 2. The van der Waals surface area contributed by atoms with Gasteiger partial charge in [-0.1, -0.05) is 109 Å². The summed E-state index contributed by atoms with van der Waals surface area (Å²) in [5.74, 6) is 0. The molecule has 0 N–H and O–H groups in total. The third-order valence-corrected chi connectivity index (χ3v) is 14.6.